The van der Waals surface area contributed by atoms with Crippen LogP contribution in [-0.4, -0.2) is 29.0 Å². The van der Waals surface area contributed by atoms with Crippen molar-refractivity contribution < 1.29 is 0 Å². The summed E-state index contributed by atoms with van der Waals surface area (Å²) in [6.45, 7) is 0. The van der Waals surface area contributed by atoms with Gasteiger partial charge in [-0.2, -0.15) is 4.98 Å². The lowest BCUT2D eigenvalue weighted by Crippen LogP contribution is -2.08. The maximum Gasteiger partial charge on any atom is 0.222 e. The van der Waals surface area contributed by atoms with E-state index < -0.39 is 0 Å². The molecule has 2 aromatic heterocycles. The third-order valence-electron chi connectivity index (χ3n) is 4.40. The molecule has 0 saturated heterocycles. The fourth-order valence-corrected chi connectivity index (χ4v) is 3.39. The molecule has 0 atom stereocenters. The summed E-state index contributed by atoms with van der Waals surface area (Å²) in [7, 11) is 4.04. The van der Waals surface area contributed by atoms with Crippen LogP contribution in [0.2, 0.25) is 0 Å². The van der Waals surface area contributed by atoms with E-state index in [1.807, 2.05) is 26.2 Å². The van der Waals surface area contributed by atoms with Gasteiger partial charge >= 0.3 is 0 Å². The van der Waals surface area contributed by atoms with Crippen LogP contribution in [-0.2, 0) is 0 Å². The highest BCUT2D eigenvalue weighted by Crippen LogP contribution is 2.33. The van der Waals surface area contributed by atoms with E-state index in [0.29, 0.717) is 5.65 Å². The second-order valence-corrected chi connectivity index (χ2v) is 7.39. The summed E-state index contributed by atoms with van der Waals surface area (Å²) < 4.78 is 1.01. The molecule has 134 valence electrons. The number of rotatable bonds is 3. The average molecular weight is 420 g/mol. The van der Waals surface area contributed by atoms with Crippen LogP contribution in [0.1, 0.15) is 0 Å². The molecule has 0 amide bonds. The van der Waals surface area contributed by atoms with E-state index >= 15 is 0 Å². The quantitative estimate of drug-likeness (QED) is 0.517. The lowest BCUT2D eigenvalue weighted by molar-refractivity contribution is 1.13. The van der Waals surface area contributed by atoms with Gasteiger partial charge in [0.1, 0.15) is 0 Å². The van der Waals surface area contributed by atoms with Gasteiger partial charge in [-0.15, -0.1) is 0 Å². The van der Waals surface area contributed by atoms with Gasteiger partial charge in [0.2, 0.25) is 5.95 Å². The molecule has 2 aromatic carbocycles. The minimum atomic E-state index is 0.218. The number of hydrogen-bond acceptors (Lipinski definition) is 5. The van der Waals surface area contributed by atoms with E-state index in [0.717, 1.165) is 37.9 Å². The zero-order chi connectivity index (χ0) is 19.0. The molecule has 0 aliphatic carbocycles. The SMILES string of the molecule is CN(C)c1ccc(-c2cc(-c3cccc(Br)c3)c3cnc(N)nc3n2)cc1. The minimum absolute atomic E-state index is 0.218. The van der Waals surface area contributed by atoms with Crippen molar-refractivity contribution in [3.63, 3.8) is 0 Å². The summed E-state index contributed by atoms with van der Waals surface area (Å²) in [5, 5.41) is 0.871. The van der Waals surface area contributed by atoms with Crippen LogP contribution in [0.5, 0.6) is 0 Å². The first-order valence-electron chi connectivity index (χ1n) is 8.48. The third-order valence-corrected chi connectivity index (χ3v) is 4.89. The van der Waals surface area contributed by atoms with Crippen molar-refractivity contribution >= 4 is 38.6 Å². The predicted octanol–water partition coefficient (Wildman–Crippen LogP) is 4.77. The molecule has 0 fully saturated rings. The zero-order valence-electron chi connectivity index (χ0n) is 15.0. The van der Waals surface area contributed by atoms with Gasteiger partial charge in [-0.25, -0.2) is 9.97 Å². The number of nitrogens with two attached hydrogens (primary N) is 1. The van der Waals surface area contributed by atoms with Crippen LogP contribution < -0.4 is 10.6 Å². The summed E-state index contributed by atoms with van der Waals surface area (Å²) in [6, 6.07) is 18.5. The smallest absolute Gasteiger partial charge is 0.222 e. The van der Waals surface area contributed by atoms with E-state index in [2.05, 4.69) is 73.3 Å². The van der Waals surface area contributed by atoms with Gasteiger partial charge < -0.3 is 10.6 Å². The lowest BCUT2D eigenvalue weighted by atomic mass is 10.0. The molecular formula is C21H18BrN5. The lowest BCUT2D eigenvalue weighted by Gasteiger charge is -2.13. The van der Waals surface area contributed by atoms with Crippen molar-refractivity contribution in [2.75, 3.05) is 24.7 Å². The molecule has 0 spiro atoms. The molecule has 27 heavy (non-hydrogen) atoms. The Morgan fingerprint density at radius 1 is 0.926 bits per heavy atom. The Labute approximate surface area is 166 Å². The van der Waals surface area contributed by atoms with Gasteiger partial charge in [0, 0.05) is 41.4 Å². The summed E-state index contributed by atoms with van der Waals surface area (Å²) in [6.07, 6.45) is 1.74. The number of halogens is 1. The number of hydrogen-bond donors (Lipinski definition) is 1. The Morgan fingerprint density at radius 3 is 2.41 bits per heavy atom. The fourth-order valence-electron chi connectivity index (χ4n) is 3.00. The van der Waals surface area contributed by atoms with Crippen molar-refractivity contribution in [3.8, 4) is 22.4 Å². The first-order chi connectivity index (χ1) is 13.0. The standard InChI is InChI=1S/C21H18BrN5/c1-27(2)16-8-6-13(7-9-16)19-11-17(14-4-3-5-15(22)10-14)18-12-24-21(23)26-20(18)25-19/h3-12H,1-2H3,(H2,23,24,25,26). The van der Waals surface area contributed by atoms with E-state index in [1.165, 1.54) is 0 Å². The van der Waals surface area contributed by atoms with Crippen molar-refractivity contribution in [1.82, 2.24) is 15.0 Å². The third kappa shape index (κ3) is 3.48. The molecular weight excluding hydrogens is 402 g/mol. The van der Waals surface area contributed by atoms with Crippen molar-refractivity contribution in [2.45, 2.75) is 0 Å². The molecule has 4 aromatic rings. The van der Waals surface area contributed by atoms with Gasteiger partial charge in [-0.1, -0.05) is 40.2 Å². The van der Waals surface area contributed by atoms with Crippen LogP contribution in [0.4, 0.5) is 11.6 Å². The predicted molar refractivity (Wildman–Crippen MR) is 115 cm³/mol. The van der Waals surface area contributed by atoms with E-state index in [-0.39, 0.29) is 5.95 Å². The highest BCUT2D eigenvalue weighted by atomic mass is 79.9. The van der Waals surface area contributed by atoms with E-state index in [9.17, 15) is 0 Å². The van der Waals surface area contributed by atoms with Gasteiger partial charge in [-0.3, -0.25) is 0 Å². The Hall–Kier alpha value is -2.99. The Balaban J connectivity index is 1.94. The average Bonchev–Trinajstić information content (AvgIpc) is 2.67. The van der Waals surface area contributed by atoms with Crippen LogP contribution in [0.3, 0.4) is 0 Å². The van der Waals surface area contributed by atoms with E-state index in [4.69, 9.17) is 10.7 Å². The van der Waals surface area contributed by atoms with Crippen LogP contribution in [0, 0.1) is 0 Å². The monoisotopic (exact) mass is 419 g/mol. The van der Waals surface area contributed by atoms with Crippen molar-refractivity contribution in [3.05, 3.63) is 65.3 Å². The Bertz CT molecular complexity index is 1120. The maximum absolute atomic E-state index is 5.80. The minimum Gasteiger partial charge on any atom is -0.378 e. The molecule has 0 unspecified atom stereocenters. The van der Waals surface area contributed by atoms with Crippen LogP contribution >= 0.6 is 15.9 Å². The molecule has 2 N–H and O–H groups in total. The molecule has 0 aliphatic rings. The molecule has 0 bridgehead atoms. The van der Waals surface area contributed by atoms with Crippen molar-refractivity contribution in [2.24, 2.45) is 0 Å². The Kier molecular flexibility index (Phi) is 4.49. The fraction of sp³-hybridized carbons (Fsp3) is 0.0952. The number of nitrogen functional groups attached to an aromatic ring is 1. The topological polar surface area (TPSA) is 67.9 Å². The van der Waals surface area contributed by atoms with Gasteiger partial charge in [0.25, 0.3) is 0 Å². The largest absolute Gasteiger partial charge is 0.378 e. The van der Waals surface area contributed by atoms with Gasteiger partial charge in [0.05, 0.1) is 5.69 Å². The molecule has 2 heterocycles. The molecule has 6 heteroatoms. The highest BCUT2D eigenvalue weighted by Gasteiger charge is 2.12. The van der Waals surface area contributed by atoms with Crippen LogP contribution in [0.25, 0.3) is 33.4 Å². The maximum atomic E-state index is 5.80. The number of benzene rings is 2. The normalized spacial score (nSPS) is 10.9. The zero-order valence-corrected chi connectivity index (χ0v) is 16.6. The van der Waals surface area contributed by atoms with Gasteiger partial charge in [-0.05, 0) is 41.5 Å². The highest BCUT2D eigenvalue weighted by molar-refractivity contribution is 9.10. The number of pyridine rings is 1. The summed E-state index contributed by atoms with van der Waals surface area (Å²) in [5.41, 5.74) is 11.5. The van der Waals surface area contributed by atoms with Crippen molar-refractivity contribution in [1.29, 1.82) is 0 Å². The molecule has 4 rings (SSSR count). The first kappa shape index (κ1) is 17.4. The molecule has 5 nitrogen and oxygen atoms in total. The molecule has 0 aliphatic heterocycles. The molecule has 0 saturated carbocycles. The number of nitrogens with zero attached hydrogens (tertiary/aromatic N) is 4. The summed E-state index contributed by atoms with van der Waals surface area (Å²) in [5.74, 6) is 0.218. The second-order valence-electron chi connectivity index (χ2n) is 6.47. The van der Waals surface area contributed by atoms with Gasteiger partial charge in [0.15, 0.2) is 5.65 Å². The molecule has 0 radical (unpaired) electrons. The number of aromatic nitrogens is 3. The summed E-state index contributed by atoms with van der Waals surface area (Å²) in [4.78, 5) is 15.3. The summed E-state index contributed by atoms with van der Waals surface area (Å²) >= 11 is 3.55. The second kappa shape index (κ2) is 6.96. The number of fused-ring (bicyclic) bond motifs is 1. The number of anilines is 2. The Morgan fingerprint density at radius 2 is 1.70 bits per heavy atom. The first-order valence-corrected chi connectivity index (χ1v) is 9.27. The van der Waals surface area contributed by atoms with E-state index in [1.54, 1.807) is 6.20 Å². The van der Waals surface area contributed by atoms with Crippen LogP contribution in [0.15, 0.2) is 65.3 Å².